The number of aromatic nitrogens is 3. The number of nitrogens with zero attached hydrogens (tertiary/aromatic N) is 3. The van der Waals surface area contributed by atoms with Crippen LogP contribution in [0.3, 0.4) is 0 Å². The molecule has 2 fully saturated rings. The molecule has 0 radical (unpaired) electrons. The summed E-state index contributed by atoms with van der Waals surface area (Å²) in [5.41, 5.74) is 7.34. The fraction of sp³-hybridized carbons (Fsp3) is 0.562. The Kier molecular flexibility index (Phi) is 3.14. The maximum absolute atomic E-state index is 12.4. The third-order valence-corrected chi connectivity index (χ3v) is 4.87. The van der Waals surface area contributed by atoms with E-state index in [1.165, 1.54) is 12.8 Å². The Balaban J connectivity index is 1.90. The maximum Gasteiger partial charge on any atom is 0.351 e. The number of hydrogen-bond acceptors (Lipinski definition) is 5. The highest BCUT2D eigenvalue weighted by atomic mass is 16.5. The summed E-state index contributed by atoms with van der Waals surface area (Å²) in [7, 11) is 0. The van der Waals surface area contributed by atoms with Gasteiger partial charge in [-0.2, -0.15) is 4.98 Å². The molecule has 4 rings (SSSR count). The average molecular weight is 300 g/mol. The van der Waals surface area contributed by atoms with E-state index < -0.39 is 0 Å². The largest absolute Gasteiger partial charge is 0.383 e. The highest BCUT2D eigenvalue weighted by Gasteiger charge is 2.29. The van der Waals surface area contributed by atoms with Gasteiger partial charge in [-0.3, -0.25) is 4.57 Å². The lowest BCUT2D eigenvalue weighted by Crippen LogP contribution is -2.31. The summed E-state index contributed by atoms with van der Waals surface area (Å²) < 4.78 is 7.17. The van der Waals surface area contributed by atoms with Crippen LogP contribution in [-0.4, -0.2) is 27.7 Å². The lowest BCUT2D eigenvalue weighted by atomic mass is 10.0. The molecule has 2 unspecified atom stereocenters. The minimum absolute atomic E-state index is 0.00699. The molecule has 3 heterocycles. The molecule has 0 bridgehead atoms. The van der Waals surface area contributed by atoms with Gasteiger partial charge in [-0.15, -0.1) is 0 Å². The molecule has 2 aliphatic rings. The van der Waals surface area contributed by atoms with Crippen molar-refractivity contribution in [2.75, 3.05) is 18.9 Å². The molecular weight excluding hydrogens is 280 g/mol. The van der Waals surface area contributed by atoms with Crippen LogP contribution in [0.15, 0.2) is 16.9 Å². The first-order valence-corrected chi connectivity index (χ1v) is 7.91. The summed E-state index contributed by atoms with van der Waals surface area (Å²) >= 11 is 0. The second-order valence-corrected chi connectivity index (χ2v) is 6.40. The molecule has 1 aliphatic carbocycles. The highest BCUT2D eigenvalue weighted by Crippen LogP contribution is 2.39. The molecule has 22 heavy (non-hydrogen) atoms. The fourth-order valence-electron chi connectivity index (χ4n) is 3.27. The number of nitrogens with two attached hydrogens (primary N) is 1. The Bertz CT molecular complexity index is 776. The number of fused-ring (bicyclic) bond motifs is 1. The van der Waals surface area contributed by atoms with Crippen LogP contribution in [-0.2, 0) is 4.74 Å². The van der Waals surface area contributed by atoms with Crippen molar-refractivity contribution in [3.63, 3.8) is 0 Å². The molecule has 1 saturated heterocycles. The standard InChI is InChI=1S/C16H20N4O2/c1-9(11-6-7-22-8-11)20-15-12(14(17)19-16(20)21)4-5-13(18-15)10-2-3-10/h4-5,9-11H,2-3,6-8H2,1H3,(H2,17,19,21). The van der Waals surface area contributed by atoms with Gasteiger partial charge in [0.1, 0.15) is 11.5 Å². The number of rotatable bonds is 3. The lowest BCUT2D eigenvalue weighted by Gasteiger charge is -2.22. The van der Waals surface area contributed by atoms with Crippen LogP contribution in [0.5, 0.6) is 0 Å². The Hall–Kier alpha value is -1.95. The third kappa shape index (κ3) is 2.18. The van der Waals surface area contributed by atoms with Gasteiger partial charge >= 0.3 is 5.69 Å². The number of anilines is 1. The van der Waals surface area contributed by atoms with Gasteiger partial charge in [0.15, 0.2) is 0 Å². The first-order chi connectivity index (χ1) is 10.6. The molecule has 1 saturated carbocycles. The number of hydrogen-bond donors (Lipinski definition) is 1. The Morgan fingerprint density at radius 2 is 2.14 bits per heavy atom. The van der Waals surface area contributed by atoms with Gasteiger partial charge in [-0.25, -0.2) is 9.78 Å². The second kappa shape index (κ2) is 5.05. The molecule has 2 aromatic heterocycles. The van der Waals surface area contributed by atoms with Crippen LogP contribution in [0.2, 0.25) is 0 Å². The first kappa shape index (κ1) is 13.7. The molecule has 6 heteroatoms. The Morgan fingerprint density at radius 1 is 1.32 bits per heavy atom. The molecule has 116 valence electrons. The van der Waals surface area contributed by atoms with Crippen molar-refractivity contribution in [2.45, 2.75) is 38.1 Å². The zero-order valence-corrected chi connectivity index (χ0v) is 12.7. The van der Waals surface area contributed by atoms with Crippen molar-refractivity contribution in [2.24, 2.45) is 5.92 Å². The molecule has 2 N–H and O–H groups in total. The van der Waals surface area contributed by atoms with Gasteiger partial charge in [0, 0.05) is 30.2 Å². The van der Waals surface area contributed by atoms with Crippen LogP contribution in [0, 0.1) is 5.92 Å². The summed E-state index contributed by atoms with van der Waals surface area (Å²) in [5.74, 6) is 1.12. The van der Waals surface area contributed by atoms with Crippen molar-refractivity contribution in [3.8, 4) is 0 Å². The van der Waals surface area contributed by atoms with E-state index in [0.717, 1.165) is 24.1 Å². The van der Waals surface area contributed by atoms with Gasteiger partial charge in [0.2, 0.25) is 0 Å². The SMILES string of the molecule is CC(C1CCOC1)n1c(=O)nc(N)c2ccc(C3CC3)nc21. The Labute approximate surface area is 128 Å². The number of nitrogen functional groups attached to an aromatic ring is 1. The van der Waals surface area contributed by atoms with Crippen molar-refractivity contribution < 1.29 is 4.74 Å². The molecule has 2 aromatic rings. The predicted molar refractivity (Wildman–Crippen MR) is 83.8 cm³/mol. The predicted octanol–water partition coefficient (Wildman–Crippen LogP) is 1.85. The monoisotopic (exact) mass is 300 g/mol. The normalized spacial score (nSPS) is 23.0. The van der Waals surface area contributed by atoms with Gasteiger partial charge in [0.25, 0.3) is 0 Å². The van der Waals surface area contributed by atoms with E-state index >= 15 is 0 Å². The lowest BCUT2D eigenvalue weighted by molar-refractivity contribution is 0.175. The molecular formula is C16H20N4O2. The summed E-state index contributed by atoms with van der Waals surface area (Å²) in [6, 6.07) is 3.97. The third-order valence-electron chi connectivity index (χ3n) is 4.87. The zero-order valence-electron chi connectivity index (χ0n) is 12.7. The molecule has 1 aliphatic heterocycles. The topological polar surface area (TPSA) is 83.0 Å². The number of pyridine rings is 1. The smallest absolute Gasteiger partial charge is 0.351 e. The summed E-state index contributed by atoms with van der Waals surface area (Å²) in [6.45, 7) is 3.48. The minimum Gasteiger partial charge on any atom is -0.383 e. The van der Waals surface area contributed by atoms with Gasteiger partial charge in [-0.1, -0.05) is 0 Å². The molecule has 0 spiro atoms. The van der Waals surface area contributed by atoms with Gasteiger partial charge in [0.05, 0.1) is 12.0 Å². The summed E-state index contributed by atoms with van der Waals surface area (Å²) in [6.07, 6.45) is 3.31. The van der Waals surface area contributed by atoms with Gasteiger partial charge in [-0.05, 0) is 38.3 Å². The summed E-state index contributed by atoms with van der Waals surface area (Å²) in [4.78, 5) is 21.2. The Morgan fingerprint density at radius 3 is 2.82 bits per heavy atom. The molecule has 0 aromatic carbocycles. The van der Waals surface area contributed by atoms with Crippen molar-refractivity contribution in [1.82, 2.24) is 14.5 Å². The van der Waals surface area contributed by atoms with Crippen LogP contribution in [0.25, 0.3) is 11.0 Å². The van der Waals surface area contributed by atoms with Crippen LogP contribution in [0.4, 0.5) is 5.82 Å². The van der Waals surface area contributed by atoms with Crippen LogP contribution in [0.1, 0.15) is 43.8 Å². The van der Waals surface area contributed by atoms with E-state index in [4.69, 9.17) is 15.5 Å². The van der Waals surface area contributed by atoms with Crippen LogP contribution >= 0.6 is 0 Å². The average Bonchev–Trinajstić information content (AvgIpc) is 3.21. The van der Waals surface area contributed by atoms with E-state index in [1.807, 2.05) is 19.1 Å². The fourth-order valence-corrected chi connectivity index (χ4v) is 3.27. The maximum atomic E-state index is 12.4. The van der Waals surface area contributed by atoms with Crippen molar-refractivity contribution >= 4 is 16.9 Å². The van der Waals surface area contributed by atoms with E-state index in [-0.39, 0.29) is 17.5 Å². The van der Waals surface area contributed by atoms with E-state index in [9.17, 15) is 4.79 Å². The molecule has 2 atom stereocenters. The zero-order chi connectivity index (χ0) is 15.3. The van der Waals surface area contributed by atoms with Crippen molar-refractivity contribution in [3.05, 3.63) is 28.3 Å². The number of ether oxygens (including phenoxy) is 1. The van der Waals surface area contributed by atoms with Crippen molar-refractivity contribution in [1.29, 1.82) is 0 Å². The van der Waals surface area contributed by atoms with E-state index in [1.54, 1.807) is 4.57 Å². The first-order valence-electron chi connectivity index (χ1n) is 7.91. The quantitative estimate of drug-likeness (QED) is 0.935. The molecule has 6 nitrogen and oxygen atoms in total. The second-order valence-electron chi connectivity index (χ2n) is 6.40. The summed E-state index contributed by atoms with van der Waals surface area (Å²) in [5, 5.41) is 0.759. The van der Waals surface area contributed by atoms with E-state index in [0.29, 0.717) is 24.1 Å². The highest BCUT2D eigenvalue weighted by molar-refractivity contribution is 5.85. The van der Waals surface area contributed by atoms with Crippen LogP contribution < -0.4 is 11.4 Å². The minimum atomic E-state index is -0.315. The molecule has 0 amide bonds. The van der Waals surface area contributed by atoms with E-state index in [2.05, 4.69) is 4.98 Å². The van der Waals surface area contributed by atoms with Gasteiger partial charge < -0.3 is 10.5 Å².